The summed E-state index contributed by atoms with van der Waals surface area (Å²) in [6.45, 7) is 0. The average Bonchev–Trinajstić information content (AvgIpc) is 3.22. The highest BCUT2D eigenvalue weighted by atomic mass is 32.2. The van der Waals surface area contributed by atoms with Crippen molar-refractivity contribution in [2.45, 2.75) is 17.4 Å². The molecule has 1 aliphatic heterocycles. The molecule has 2 aromatic carbocycles. The lowest BCUT2D eigenvalue weighted by Crippen LogP contribution is -2.46. The Bertz CT molecular complexity index is 1120. The van der Waals surface area contributed by atoms with Gasteiger partial charge in [-0.25, -0.2) is 17.1 Å². The highest BCUT2D eigenvalue weighted by Gasteiger charge is 2.29. The Labute approximate surface area is 172 Å². The van der Waals surface area contributed by atoms with E-state index in [4.69, 9.17) is 4.84 Å². The molecule has 2 N–H and O–H groups in total. The second kappa shape index (κ2) is 8.59. The summed E-state index contributed by atoms with van der Waals surface area (Å²) in [5.74, 6) is -1.80. The van der Waals surface area contributed by atoms with E-state index in [-0.39, 0.29) is 16.9 Å². The number of rotatable bonds is 5. The summed E-state index contributed by atoms with van der Waals surface area (Å²) in [4.78, 5) is 29.5. The quantitative estimate of drug-likeness (QED) is 0.682. The van der Waals surface area contributed by atoms with E-state index in [1.807, 2.05) is 0 Å². The highest BCUT2D eigenvalue weighted by Crippen LogP contribution is 2.18. The van der Waals surface area contributed by atoms with Crippen molar-refractivity contribution in [1.29, 1.82) is 0 Å². The van der Waals surface area contributed by atoms with Gasteiger partial charge in [0, 0.05) is 31.6 Å². The van der Waals surface area contributed by atoms with Crippen LogP contribution in [0.15, 0.2) is 58.6 Å². The molecule has 0 saturated heterocycles. The molecule has 0 spiro atoms. The van der Waals surface area contributed by atoms with E-state index >= 15 is 0 Å². The van der Waals surface area contributed by atoms with E-state index in [0.717, 1.165) is 4.31 Å². The molecule has 30 heavy (non-hydrogen) atoms. The fraction of sp³-hybridized carbons (Fsp3) is 0.211. The van der Waals surface area contributed by atoms with Crippen LogP contribution in [0, 0.1) is 5.82 Å². The van der Waals surface area contributed by atoms with Gasteiger partial charge >= 0.3 is 0 Å². The largest absolute Gasteiger partial charge is 0.382 e. The predicted molar refractivity (Wildman–Crippen MR) is 105 cm³/mol. The summed E-state index contributed by atoms with van der Waals surface area (Å²) in [7, 11) is -0.951. The number of carbonyl (C=O) groups is 2. The minimum Gasteiger partial charge on any atom is -0.382 e. The molecule has 0 bridgehead atoms. The number of oxime groups is 1. The van der Waals surface area contributed by atoms with E-state index in [2.05, 4.69) is 16.0 Å². The van der Waals surface area contributed by atoms with Gasteiger partial charge in [-0.05, 0) is 30.3 Å². The summed E-state index contributed by atoms with van der Waals surface area (Å²) in [5.41, 5.74) is 5.37. The van der Waals surface area contributed by atoms with Gasteiger partial charge in [0.05, 0.1) is 10.6 Å². The first-order valence-corrected chi connectivity index (χ1v) is 10.2. The molecule has 3 rings (SSSR count). The maximum absolute atomic E-state index is 13.3. The van der Waals surface area contributed by atoms with Gasteiger partial charge in [-0.3, -0.25) is 20.4 Å². The molecule has 9 nitrogen and oxygen atoms in total. The van der Waals surface area contributed by atoms with Crippen molar-refractivity contribution in [2.24, 2.45) is 5.16 Å². The van der Waals surface area contributed by atoms with E-state index in [0.29, 0.717) is 11.3 Å². The molecule has 0 radical (unpaired) electrons. The van der Waals surface area contributed by atoms with Crippen molar-refractivity contribution in [1.82, 2.24) is 15.2 Å². The fourth-order valence-corrected chi connectivity index (χ4v) is 3.58. The molecule has 0 aliphatic carbocycles. The zero-order valence-electron chi connectivity index (χ0n) is 16.1. The van der Waals surface area contributed by atoms with Gasteiger partial charge in [0.25, 0.3) is 11.8 Å². The minimum atomic E-state index is -3.71. The number of benzene rings is 2. The Hall–Kier alpha value is -3.31. The number of amides is 2. The standard InChI is InChI=1S/C19H19FN4O5S/c1-24(2)30(27,28)15-8-4-6-13(10-15)18(25)21-22-19(26)17-11-16(23-29-17)12-5-3-7-14(20)9-12/h3-10,17H,11H2,1-2H3,(H,21,25)(H,22,26). The molecule has 1 heterocycles. The summed E-state index contributed by atoms with van der Waals surface area (Å²) < 4.78 is 38.7. The Kier molecular flexibility index (Phi) is 6.13. The van der Waals surface area contributed by atoms with Crippen LogP contribution in [0.1, 0.15) is 22.3 Å². The topological polar surface area (TPSA) is 117 Å². The van der Waals surface area contributed by atoms with Crippen LogP contribution in [0.3, 0.4) is 0 Å². The summed E-state index contributed by atoms with van der Waals surface area (Å²) >= 11 is 0. The molecule has 2 aromatic rings. The third kappa shape index (κ3) is 4.63. The molecule has 158 valence electrons. The van der Waals surface area contributed by atoms with E-state index in [9.17, 15) is 22.4 Å². The van der Waals surface area contributed by atoms with Gasteiger partial charge in [-0.2, -0.15) is 0 Å². The summed E-state index contributed by atoms with van der Waals surface area (Å²) in [6, 6.07) is 11.1. The van der Waals surface area contributed by atoms with Crippen molar-refractivity contribution in [2.75, 3.05) is 14.1 Å². The van der Waals surface area contributed by atoms with Gasteiger partial charge in [-0.15, -0.1) is 0 Å². The normalized spacial score (nSPS) is 16.0. The molecule has 1 aliphatic rings. The van der Waals surface area contributed by atoms with Gasteiger partial charge in [0.1, 0.15) is 5.82 Å². The van der Waals surface area contributed by atoms with Crippen LogP contribution in [-0.4, -0.2) is 50.4 Å². The minimum absolute atomic E-state index is 0.0438. The first-order valence-electron chi connectivity index (χ1n) is 8.80. The Balaban J connectivity index is 1.59. The second-order valence-corrected chi connectivity index (χ2v) is 8.76. The number of nitrogens with one attached hydrogen (secondary N) is 2. The van der Waals surface area contributed by atoms with Crippen LogP contribution in [0.25, 0.3) is 0 Å². The number of hydrazine groups is 1. The molecule has 0 saturated carbocycles. The Morgan fingerprint density at radius 3 is 2.57 bits per heavy atom. The predicted octanol–water partition coefficient (Wildman–Crippen LogP) is 1.03. The van der Waals surface area contributed by atoms with Crippen LogP contribution in [0.2, 0.25) is 0 Å². The molecule has 0 fully saturated rings. The SMILES string of the molecule is CN(C)S(=O)(=O)c1cccc(C(=O)NNC(=O)C2CC(c3cccc(F)c3)=NO2)c1. The zero-order valence-corrected chi connectivity index (χ0v) is 16.9. The lowest BCUT2D eigenvalue weighted by Gasteiger charge is -2.13. The summed E-state index contributed by atoms with van der Waals surface area (Å²) in [5, 5.41) is 3.80. The molecule has 0 aromatic heterocycles. The maximum Gasteiger partial charge on any atom is 0.282 e. The second-order valence-electron chi connectivity index (χ2n) is 6.61. The zero-order chi connectivity index (χ0) is 21.9. The number of carbonyl (C=O) groups excluding carboxylic acids is 2. The van der Waals surface area contributed by atoms with Crippen molar-refractivity contribution in [3.8, 4) is 0 Å². The lowest BCUT2D eigenvalue weighted by atomic mass is 10.0. The number of nitrogens with zero attached hydrogens (tertiary/aromatic N) is 2. The third-order valence-corrected chi connectivity index (χ3v) is 6.10. The molecule has 1 unspecified atom stereocenters. The van der Waals surface area contributed by atoms with Gasteiger partial charge in [-0.1, -0.05) is 23.4 Å². The number of sulfonamides is 1. The molecular weight excluding hydrogens is 415 g/mol. The summed E-state index contributed by atoms with van der Waals surface area (Å²) in [6.07, 6.45) is -0.897. The van der Waals surface area contributed by atoms with Gasteiger partial charge in [0.15, 0.2) is 0 Å². The first-order chi connectivity index (χ1) is 14.2. The average molecular weight is 434 g/mol. The van der Waals surface area contributed by atoms with Crippen molar-refractivity contribution < 1.29 is 27.2 Å². The van der Waals surface area contributed by atoms with Crippen LogP contribution >= 0.6 is 0 Å². The van der Waals surface area contributed by atoms with Crippen LogP contribution < -0.4 is 10.9 Å². The Morgan fingerprint density at radius 1 is 1.13 bits per heavy atom. The van der Waals surface area contributed by atoms with Gasteiger partial charge in [0.2, 0.25) is 16.1 Å². The molecule has 2 amide bonds. The number of halogens is 1. The maximum atomic E-state index is 13.3. The lowest BCUT2D eigenvalue weighted by molar-refractivity contribution is -0.131. The van der Waals surface area contributed by atoms with Gasteiger partial charge < -0.3 is 4.84 Å². The van der Waals surface area contributed by atoms with E-state index in [1.165, 1.54) is 56.6 Å². The monoisotopic (exact) mass is 434 g/mol. The Morgan fingerprint density at radius 2 is 1.87 bits per heavy atom. The number of hydrogen-bond acceptors (Lipinski definition) is 6. The fourth-order valence-electron chi connectivity index (χ4n) is 2.64. The van der Waals surface area contributed by atoms with E-state index in [1.54, 1.807) is 6.07 Å². The van der Waals surface area contributed by atoms with Crippen molar-refractivity contribution in [3.63, 3.8) is 0 Å². The third-order valence-electron chi connectivity index (χ3n) is 4.29. The van der Waals surface area contributed by atoms with Crippen LogP contribution in [0.5, 0.6) is 0 Å². The molecular formula is C19H19FN4O5S. The highest BCUT2D eigenvalue weighted by molar-refractivity contribution is 7.89. The number of hydrogen-bond donors (Lipinski definition) is 2. The van der Waals surface area contributed by atoms with Crippen molar-refractivity contribution in [3.05, 3.63) is 65.5 Å². The van der Waals surface area contributed by atoms with E-state index < -0.39 is 33.8 Å². The van der Waals surface area contributed by atoms with Crippen LogP contribution in [0.4, 0.5) is 4.39 Å². The smallest absolute Gasteiger partial charge is 0.282 e. The molecule has 11 heteroatoms. The first kappa shape index (κ1) is 21.4. The molecule has 1 atom stereocenters. The van der Waals surface area contributed by atoms with Crippen molar-refractivity contribution >= 4 is 27.5 Å². The van der Waals surface area contributed by atoms with Crippen LogP contribution in [-0.2, 0) is 19.7 Å².